The first-order valence-corrected chi connectivity index (χ1v) is 6.27. The first-order chi connectivity index (χ1) is 7.09. The molecule has 0 radical (unpaired) electrons. The summed E-state index contributed by atoms with van der Waals surface area (Å²) in [5.74, 6) is 0. The summed E-state index contributed by atoms with van der Waals surface area (Å²) in [5, 5.41) is 0. The Kier molecular flexibility index (Phi) is 5.58. The van der Waals surface area contributed by atoms with Gasteiger partial charge in [0.2, 0.25) is 0 Å². The smallest absolute Gasteiger partial charge is 0.0192 e. The Hall–Kier alpha value is -0.120. The van der Waals surface area contributed by atoms with Crippen molar-refractivity contribution in [3.63, 3.8) is 0 Å². The lowest BCUT2D eigenvalue weighted by molar-refractivity contribution is 0.104. The number of likely N-dealkylation sites (N-methyl/N-ethyl adjacent to an activating group) is 1. The molecule has 0 aromatic rings. The largest absolute Gasteiger partial charge is 0.328 e. The third-order valence-corrected chi connectivity index (χ3v) is 3.43. The number of piperazine rings is 1. The number of rotatable bonds is 5. The van der Waals surface area contributed by atoms with Gasteiger partial charge in [-0.2, -0.15) is 0 Å². The molecule has 2 N–H and O–H groups in total. The highest BCUT2D eigenvalue weighted by atomic mass is 15.3. The van der Waals surface area contributed by atoms with Gasteiger partial charge in [0.1, 0.15) is 0 Å². The van der Waals surface area contributed by atoms with E-state index in [1.807, 2.05) is 0 Å². The molecule has 1 fully saturated rings. The van der Waals surface area contributed by atoms with Crippen LogP contribution in [0.4, 0.5) is 0 Å². The maximum Gasteiger partial charge on any atom is 0.0192 e. The van der Waals surface area contributed by atoms with Gasteiger partial charge >= 0.3 is 0 Å². The molecule has 15 heavy (non-hydrogen) atoms. The molecule has 1 heterocycles. The van der Waals surface area contributed by atoms with E-state index < -0.39 is 0 Å². The van der Waals surface area contributed by atoms with Crippen LogP contribution in [0.25, 0.3) is 0 Å². The Morgan fingerprint density at radius 1 is 1.33 bits per heavy atom. The lowest BCUT2D eigenvalue weighted by atomic mass is 10.1. The van der Waals surface area contributed by atoms with Gasteiger partial charge in [0.25, 0.3) is 0 Å². The number of hydrogen-bond donors (Lipinski definition) is 1. The van der Waals surface area contributed by atoms with E-state index in [2.05, 4.69) is 30.7 Å². The molecular formula is C12H27N3. The molecule has 0 spiro atoms. The molecule has 2 atom stereocenters. The van der Waals surface area contributed by atoms with E-state index in [0.29, 0.717) is 12.1 Å². The Bertz CT molecular complexity index is 170. The predicted octanol–water partition coefficient (Wildman–Crippen LogP) is 1.14. The second-order valence-electron chi connectivity index (χ2n) is 5.10. The first kappa shape index (κ1) is 12.9. The predicted molar refractivity (Wildman–Crippen MR) is 66.0 cm³/mol. The summed E-state index contributed by atoms with van der Waals surface area (Å²) in [4.78, 5) is 5.03. The van der Waals surface area contributed by atoms with Crippen LogP contribution in [0.1, 0.15) is 33.1 Å². The SMILES string of the molecule is CC(N)CCCCN1CCN(C)C(C)C1. The lowest BCUT2D eigenvalue weighted by Gasteiger charge is -2.37. The lowest BCUT2D eigenvalue weighted by Crippen LogP contribution is -2.50. The van der Waals surface area contributed by atoms with Gasteiger partial charge in [0.15, 0.2) is 0 Å². The molecule has 3 heteroatoms. The normalized spacial score (nSPS) is 26.8. The zero-order chi connectivity index (χ0) is 11.3. The van der Waals surface area contributed by atoms with Crippen molar-refractivity contribution in [2.45, 2.75) is 45.2 Å². The van der Waals surface area contributed by atoms with Gasteiger partial charge < -0.3 is 15.5 Å². The van der Waals surface area contributed by atoms with Gasteiger partial charge in [-0.3, -0.25) is 0 Å². The quantitative estimate of drug-likeness (QED) is 0.695. The average Bonchev–Trinajstić information content (AvgIpc) is 2.18. The summed E-state index contributed by atoms with van der Waals surface area (Å²) < 4.78 is 0. The zero-order valence-electron chi connectivity index (χ0n) is 10.6. The molecule has 0 aromatic heterocycles. The number of nitrogens with zero attached hydrogens (tertiary/aromatic N) is 2. The Balaban J connectivity index is 2.07. The van der Waals surface area contributed by atoms with E-state index in [4.69, 9.17) is 5.73 Å². The minimum Gasteiger partial charge on any atom is -0.328 e. The van der Waals surface area contributed by atoms with Gasteiger partial charge in [0, 0.05) is 31.7 Å². The Labute approximate surface area is 94.6 Å². The minimum absolute atomic E-state index is 0.372. The molecular weight excluding hydrogens is 186 g/mol. The average molecular weight is 213 g/mol. The number of hydrogen-bond acceptors (Lipinski definition) is 3. The van der Waals surface area contributed by atoms with Crippen molar-refractivity contribution in [1.29, 1.82) is 0 Å². The highest BCUT2D eigenvalue weighted by Gasteiger charge is 2.19. The summed E-state index contributed by atoms with van der Waals surface area (Å²) in [6.07, 6.45) is 3.75. The fourth-order valence-corrected chi connectivity index (χ4v) is 2.13. The molecule has 0 aliphatic carbocycles. The molecule has 3 nitrogen and oxygen atoms in total. The van der Waals surface area contributed by atoms with Crippen molar-refractivity contribution in [1.82, 2.24) is 9.80 Å². The second-order valence-corrected chi connectivity index (χ2v) is 5.10. The van der Waals surface area contributed by atoms with Gasteiger partial charge in [-0.15, -0.1) is 0 Å². The van der Waals surface area contributed by atoms with Crippen LogP contribution in [0.5, 0.6) is 0 Å². The van der Waals surface area contributed by atoms with Crippen molar-refractivity contribution in [2.24, 2.45) is 5.73 Å². The van der Waals surface area contributed by atoms with Gasteiger partial charge in [-0.1, -0.05) is 6.42 Å². The van der Waals surface area contributed by atoms with Gasteiger partial charge in [0.05, 0.1) is 0 Å². The summed E-state index contributed by atoms with van der Waals surface area (Å²) in [5.41, 5.74) is 5.73. The monoisotopic (exact) mass is 213 g/mol. The zero-order valence-corrected chi connectivity index (χ0v) is 10.6. The highest BCUT2D eigenvalue weighted by Crippen LogP contribution is 2.08. The van der Waals surface area contributed by atoms with Crippen LogP contribution >= 0.6 is 0 Å². The molecule has 1 aliphatic rings. The summed E-state index contributed by atoms with van der Waals surface area (Å²) in [7, 11) is 2.22. The van der Waals surface area contributed by atoms with E-state index >= 15 is 0 Å². The van der Waals surface area contributed by atoms with Crippen LogP contribution in [-0.2, 0) is 0 Å². The van der Waals surface area contributed by atoms with E-state index in [1.165, 1.54) is 45.4 Å². The van der Waals surface area contributed by atoms with Crippen LogP contribution in [-0.4, -0.2) is 55.1 Å². The molecule has 2 unspecified atom stereocenters. The third kappa shape index (κ3) is 4.96. The Morgan fingerprint density at radius 2 is 2.07 bits per heavy atom. The van der Waals surface area contributed by atoms with Crippen LogP contribution in [0.3, 0.4) is 0 Å². The van der Waals surface area contributed by atoms with Crippen LogP contribution < -0.4 is 5.73 Å². The van der Waals surface area contributed by atoms with Crippen molar-refractivity contribution in [3.05, 3.63) is 0 Å². The van der Waals surface area contributed by atoms with Crippen molar-refractivity contribution in [2.75, 3.05) is 33.2 Å². The molecule has 90 valence electrons. The molecule has 0 amide bonds. The molecule has 1 aliphatic heterocycles. The van der Waals surface area contributed by atoms with Crippen molar-refractivity contribution in [3.8, 4) is 0 Å². The number of nitrogens with two attached hydrogens (primary N) is 1. The van der Waals surface area contributed by atoms with Gasteiger partial charge in [-0.25, -0.2) is 0 Å². The molecule has 1 rings (SSSR count). The highest BCUT2D eigenvalue weighted by molar-refractivity contribution is 4.76. The van der Waals surface area contributed by atoms with Crippen LogP contribution in [0.15, 0.2) is 0 Å². The van der Waals surface area contributed by atoms with Crippen molar-refractivity contribution >= 4 is 0 Å². The first-order valence-electron chi connectivity index (χ1n) is 6.27. The topological polar surface area (TPSA) is 32.5 Å². The van der Waals surface area contributed by atoms with Crippen LogP contribution in [0.2, 0.25) is 0 Å². The molecule has 1 saturated heterocycles. The maximum absolute atomic E-state index is 5.73. The standard InChI is InChI=1S/C12H27N3/c1-11(13)6-4-5-7-15-9-8-14(3)12(2)10-15/h11-12H,4-10,13H2,1-3H3. The van der Waals surface area contributed by atoms with Gasteiger partial charge in [-0.05, 0) is 40.3 Å². The minimum atomic E-state index is 0.372. The molecule has 0 saturated carbocycles. The summed E-state index contributed by atoms with van der Waals surface area (Å²) in [6, 6.07) is 1.09. The van der Waals surface area contributed by atoms with E-state index in [9.17, 15) is 0 Å². The fourth-order valence-electron chi connectivity index (χ4n) is 2.13. The summed E-state index contributed by atoms with van der Waals surface area (Å²) in [6.45, 7) is 9.35. The third-order valence-electron chi connectivity index (χ3n) is 3.43. The number of unbranched alkanes of at least 4 members (excludes halogenated alkanes) is 1. The summed E-state index contributed by atoms with van der Waals surface area (Å²) >= 11 is 0. The fraction of sp³-hybridized carbons (Fsp3) is 1.00. The molecule has 0 bridgehead atoms. The van der Waals surface area contributed by atoms with E-state index in [1.54, 1.807) is 0 Å². The van der Waals surface area contributed by atoms with E-state index in [0.717, 1.165) is 0 Å². The van der Waals surface area contributed by atoms with Crippen molar-refractivity contribution < 1.29 is 0 Å². The second kappa shape index (κ2) is 6.46. The van der Waals surface area contributed by atoms with E-state index in [-0.39, 0.29) is 0 Å². The maximum atomic E-state index is 5.73. The van der Waals surface area contributed by atoms with Crippen LogP contribution in [0, 0.1) is 0 Å². The molecule has 0 aromatic carbocycles. The Morgan fingerprint density at radius 3 is 2.67 bits per heavy atom.